The van der Waals surface area contributed by atoms with Crippen molar-refractivity contribution in [3.05, 3.63) is 82.9 Å². The Hall–Kier alpha value is -3.67. The van der Waals surface area contributed by atoms with Gasteiger partial charge in [0.2, 0.25) is 5.91 Å². The first-order chi connectivity index (χ1) is 15.9. The van der Waals surface area contributed by atoms with E-state index in [1.807, 2.05) is 67.6 Å². The van der Waals surface area contributed by atoms with E-state index in [-0.39, 0.29) is 17.9 Å². The Morgan fingerprint density at radius 3 is 1.48 bits per heavy atom. The Bertz CT molecular complexity index is 1040. The molecule has 0 bridgehead atoms. The fourth-order valence-electron chi connectivity index (χ4n) is 4.02. The number of hydrogen-bond donors (Lipinski definition) is 1. The highest BCUT2D eigenvalue weighted by Crippen LogP contribution is 2.42. The summed E-state index contributed by atoms with van der Waals surface area (Å²) in [6.07, 6.45) is 0. The van der Waals surface area contributed by atoms with Crippen molar-refractivity contribution in [2.45, 2.75) is 25.8 Å². The molecule has 0 aliphatic rings. The Kier molecular flexibility index (Phi) is 7.83. The Labute approximate surface area is 195 Å². The molecule has 3 rings (SSSR count). The van der Waals surface area contributed by atoms with Gasteiger partial charge in [-0.1, -0.05) is 42.0 Å². The van der Waals surface area contributed by atoms with Crippen molar-refractivity contribution >= 4 is 5.91 Å². The third-order valence-corrected chi connectivity index (χ3v) is 5.66. The highest BCUT2D eigenvalue weighted by Gasteiger charge is 2.29. The smallest absolute Gasteiger partial charge is 0.217 e. The maximum Gasteiger partial charge on any atom is 0.217 e. The number of benzene rings is 3. The number of carbonyl (C=O) groups is 1. The van der Waals surface area contributed by atoms with Gasteiger partial charge in [-0.25, -0.2) is 0 Å². The van der Waals surface area contributed by atoms with Crippen LogP contribution in [0.3, 0.4) is 0 Å². The van der Waals surface area contributed by atoms with Gasteiger partial charge in [0.05, 0.1) is 34.5 Å². The lowest BCUT2D eigenvalue weighted by Gasteiger charge is -2.30. The van der Waals surface area contributed by atoms with Gasteiger partial charge in [0.15, 0.2) is 23.0 Å². The average molecular weight is 450 g/mol. The van der Waals surface area contributed by atoms with Crippen LogP contribution in [0.5, 0.6) is 23.0 Å². The first kappa shape index (κ1) is 24.0. The Morgan fingerprint density at radius 2 is 1.09 bits per heavy atom. The molecule has 6 heteroatoms. The maximum atomic E-state index is 12.3. The molecule has 3 aromatic rings. The first-order valence-electron chi connectivity index (χ1n) is 10.7. The number of methoxy groups -OCH3 is 4. The molecule has 0 spiro atoms. The van der Waals surface area contributed by atoms with Crippen molar-refractivity contribution in [1.82, 2.24) is 5.32 Å². The van der Waals surface area contributed by atoms with Crippen molar-refractivity contribution in [2.75, 3.05) is 28.4 Å². The number of rotatable bonds is 9. The summed E-state index contributed by atoms with van der Waals surface area (Å²) in [6, 6.07) is 19.5. The number of amides is 1. The molecule has 0 saturated carbocycles. The summed E-state index contributed by atoms with van der Waals surface area (Å²) in [5.74, 6) is 2.15. The van der Waals surface area contributed by atoms with E-state index in [2.05, 4.69) is 5.32 Å². The molecule has 0 aromatic heterocycles. The number of ether oxygens (including phenoxy) is 4. The molecule has 1 N–H and O–H groups in total. The van der Waals surface area contributed by atoms with E-state index in [9.17, 15) is 4.79 Å². The lowest BCUT2D eigenvalue weighted by Crippen LogP contribution is -2.31. The zero-order valence-corrected chi connectivity index (χ0v) is 20.0. The molecule has 1 amide bonds. The van der Waals surface area contributed by atoms with Crippen molar-refractivity contribution in [1.29, 1.82) is 0 Å². The summed E-state index contributed by atoms with van der Waals surface area (Å²) in [5.41, 5.74) is 4.05. The number of hydrogen-bond acceptors (Lipinski definition) is 5. The van der Waals surface area contributed by atoms with Gasteiger partial charge in [-0.15, -0.1) is 0 Å². The summed E-state index contributed by atoms with van der Waals surface area (Å²) in [7, 11) is 6.43. The second kappa shape index (κ2) is 10.8. The fraction of sp³-hybridized carbons (Fsp3) is 0.296. The molecule has 6 nitrogen and oxygen atoms in total. The third-order valence-electron chi connectivity index (χ3n) is 5.66. The quantitative estimate of drug-likeness (QED) is 0.496. The summed E-state index contributed by atoms with van der Waals surface area (Å²) in [4.78, 5) is 12.3. The topological polar surface area (TPSA) is 66.0 Å². The van der Waals surface area contributed by atoms with Gasteiger partial charge in [-0.05, 0) is 47.9 Å². The molecular weight excluding hydrogens is 418 g/mol. The van der Waals surface area contributed by atoms with Crippen LogP contribution in [-0.2, 0) is 4.79 Å². The number of nitrogens with one attached hydrogen (secondary N) is 1. The largest absolute Gasteiger partial charge is 0.493 e. The van der Waals surface area contributed by atoms with Crippen LogP contribution in [0.25, 0.3) is 0 Å². The molecule has 33 heavy (non-hydrogen) atoms. The standard InChI is InChI=1S/C27H31NO5/c1-17-7-9-19(10-8-17)27(28-18(2)29)26(20-11-13-22(30-3)24(15-20)32-5)21-12-14-23(31-4)25(16-21)33-6/h7-16,26-27H,1-6H3,(H,28,29). The average Bonchev–Trinajstić information content (AvgIpc) is 2.83. The predicted molar refractivity (Wildman–Crippen MR) is 129 cm³/mol. The van der Waals surface area contributed by atoms with E-state index in [1.165, 1.54) is 6.92 Å². The van der Waals surface area contributed by atoms with Crippen LogP contribution < -0.4 is 24.3 Å². The van der Waals surface area contributed by atoms with E-state index < -0.39 is 0 Å². The van der Waals surface area contributed by atoms with Gasteiger partial charge >= 0.3 is 0 Å². The van der Waals surface area contributed by atoms with Gasteiger partial charge < -0.3 is 24.3 Å². The zero-order valence-electron chi connectivity index (χ0n) is 20.0. The predicted octanol–water partition coefficient (Wildman–Crippen LogP) is 5.04. The molecule has 1 atom stereocenters. The van der Waals surface area contributed by atoms with Gasteiger partial charge in [-0.2, -0.15) is 0 Å². The highest BCUT2D eigenvalue weighted by atomic mass is 16.5. The SMILES string of the molecule is COc1ccc(C(c2ccc(OC)c(OC)c2)C(NC(C)=O)c2ccc(C)cc2)cc1OC. The van der Waals surface area contributed by atoms with Crippen LogP contribution in [0, 0.1) is 6.92 Å². The summed E-state index contributed by atoms with van der Waals surface area (Å²) >= 11 is 0. The molecule has 174 valence electrons. The van der Waals surface area contributed by atoms with Gasteiger partial charge in [0, 0.05) is 12.8 Å². The lowest BCUT2D eigenvalue weighted by molar-refractivity contribution is -0.119. The van der Waals surface area contributed by atoms with Gasteiger partial charge in [-0.3, -0.25) is 4.79 Å². The molecular formula is C27H31NO5. The van der Waals surface area contributed by atoms with Gasteiger partial charge in [0.1, 0.15) is 0 Å². The first-order valence-corrected chi connectivity index (χ1v) is 10.7. The highest BCUT2D eigenvalue weighted by molar-refractivity contribution is 5.74. The second-order valence-corrected chi connectivity index (χ2v) is 7.80. The molecule has 3 aromatic carbocycles. The minimum atomic E-state index is -0.334. The molecule has 0 fully saturated rings. The molecule has 0 radical (unpaired) electrons. The molecule has 0 saturated heterocycles. The lowest BCUT2D eigenvalue weighted by atomic mass is 9.81. The van der Waals surface area contributed by atoms with E-state index in [0.717, 1.165) is 22.3 Å². The molecule has 0 aliphatic carbocycles. The number of aryl methyl sites for hydroxylation is 1. The molecule has 0 aliphatic heterocycles. The van der Waals surface area contributed by atoms with Crippen LogP contribution in [0.2, 0.25) is 0 Å². The third kappa shape index (κ3) is 5.40. The normalized spacial score (nSPS) is 11.6. The maximum absolute atomic E-state index is 12.3. The van der Waals surface area contributed by atoms with Crippen LogP contribution in [0.15, 0.2) is 60.7 Å². The zero-order chi connectivity index (χ0) is 24.0. The molecule has 1 unspecified atom stereocenters. The van der Waals surface area contributed by atoms with Gasteiger partial charge in [0.25, 0.3) is 0 Å². The van der Waals surface area contributed by atoms with E-state index in [4.69, 9.17) is 18.9 Å². The van der Waals surface area contributed by atoms with E-state index in [0.29, 0.717) is 23.0 Å². The summed E-state index contributed by atoms with van der Waals surface area (Å²) in [6.45, 7) is 3.57. The minimum Gasteiger partial charge on any atom is -0.493 e. The van der Waals surface area contributed by atoms with Crippen molar-refractivity contribution in [2.24, 2.45) is 0 Å². The Morgan fingerprint density at radius 1 is 0.667 bits per heavy atom. The van der Waals surface area contributed by atoms with Crippen molar-refractivity contribution in [3.63, 3.8) is 0 Å². The van der Waals surface area contributed by atoms with Crippen LogP contribution in [0.1, 0.15) is 41.1 Å². The molecule has 0 heterocycles. The second-order valence-electron chi connectivity index (χ2n) is 7.80. The van der Waals surface area contributed by atoms with Crippen LogP contribution >= 0.6 is 0 Å². The summed E-state index contributed by atoms with van der Waals surface area (Å²) in [5, 5.41) is 3.16. The Balaban J connectivity index is 2.25. The van der Waals surface area contributed by atoms with Crippen LogP contribution in [-0.4, -0.2) is 34.3 Å². The fourth-order valence-corrected chi connectivity index (χ4v) is 4.02. The van der Waals surface area contributed by atoms with Crippen molar-refractivity contribution in [3.8, 4) is 23.0 Å². The summed E-state index contributed by atoms with van der Waals surface area (Å²) < 4.78 is 22.0. The number of carbonyl (C=O) groups excluding carboxylic acids is 1. The van der Waals surface area contributed by atoms with E-state index >= 15 is 0 Å². The van der Waals surface area contributed by atoms with Crippen molar-refractivity contribution < 1.29 is 23.7 Å². The van der Waals surface area contributed by atoms with Crippen LogP contribution in [0.4, 0.5) is 0 Å². The minimum absolute atomic E-state index is 0.119. The van der Waals surface area contributed by atoms with E-state index in [1.54, 1.807) is 28.4 Å². The monoisotopic (exact) mass is 449 g/mol.